The first-order valence-electron chi connectivity index (χ1n) is 6.72. The van der Waals surface area contributed by atoms with Crippen LogP contribution in [0.2, 0.25) is 0 Å². The number of carboxylic acid groups (broad SMARTS) is 1. The summed E-state index contributed by atoms with van der Waals surface area (Å²) in [6.07, 6.45) is -1.10. The molecule has 0 aromatic heterocycles. The van der Waals surface area contributed by atoms with Crippen LogP contribution in [0.15, 0.2) is 60.7 Å². The summed E-state index contributed by atoms with van der Waals surface area (Å²) < 4.78 is 0. The Morgan fingerprint density at radius 1 is 1.00 bits per heavy atom. The molecule has 0 unspecified atom stereocenters. The van der Waals surface area contributed by atoms with Crippen LogP contribution in [0.1, 0.15) is 22.8 Å². The minimum Gasteiger partial charge on any atom is -0.465 e. The molecule has 0 aliphatic carbocycles. The Morgan fingerprint density at radius 2 is 1.52 bits per heavy atom. The second-order valence-corrected chi connectivity index (χ2v) is 4.80. The summed E-state index contributed by atoms with van der Waals surface area (Å²) in [5.74, 6) is -0.200. The molecule has 0 aliphatic rings. The van der Waals surface area contributed by atoms with E-state index < -0.39 is 12.1 Å². The van der Waals surface area contributed by atoms with Crippen LogP contribution in [0.4, 0.5) is 4.79 Å². The van der Waals surface area contributed by atoms with Crippen molar-refractivity contribution in [1.29, 1.82) is 0 Å². The summed E-state index contributed by atoms with van der Waals surface area (Å²) in [4.78, 5) is 25.0. The summed E-state index contributed by atoms with van der Waals surface area (Å²) in [7, 11) is 0. The molecule has 0 bridgehead atoms. The third-order valence-electron chi connectivity index (χ3n) is 3.35. The van der Waals surface area contributed by atoms with Crippen LogP contribution in [0.5, 0.6) is 0 Å². The molecule has 4 nitrogen and oxygen atoms in total. The number of carbonyl (C=O) groups is 2. The zero-order valence-corrected chi connectivity index (χ0v) is 11.8. The highest BCUT2D eigenvalue weighted by Crippen LogP contribution is 2.13. The SMILES string of the molecule is C[C@@H](C(=O)c1ccccc1)N(Cc1ccccc1)C(=O)O. The molecule has 0 saturated heterocycles. The van der Waals surface area contributed by atoms with Gasteiger partial charge in [-0.15, -0.1) is 0 Å². The molecule has 2 aromatic rings. The van der Waals surface area contributed by atoms with Gasteiger partial charge in [0.15, 0.2) is 5.78 Å². The molecule has 0 saturated carbocycles. The number of Topliss-reactive ketones (excluding diaryl/α,β-unsaturated/α-hetero) is 1. The summed E-state index contributed by atoms with van der Waals surface area (Å²) in [5, 5.41) is 9.37. The zero-order chi connectivity index (χ0) is 15.2. The second-order valence-electron chi connectivity index (χ2n) is 4.80. The van der Waals surface area contributed by atoms with Gasteiger partial charge >= 0.3 is 6.09 Å². The quantitative estimate of drug-likeness (QED) is 0.855. The summed E-state index contributed by atoms with van der Waals surface area (Å²) in [6.45, 7) is 1.81. The van der Waals surface area contributed by atoms with E-state index in [0.29, 0.717) is 5.56 Å². The molecule has 2 rings (SSSR count). The Kier molecular flexibility index (Phi) is 4.72. The largest absolute Gasteiger partial charge is 0.465 e. The Morgan fingerprint density at radius 3 is 2.05 bits per heavy atom. The van der Waals surface area contributed by atoms with E-state index in [2.05, 4.69) is 0 Å². The number of rotatable bonds is 5. The smallest absolute Gasteiger partial charge is 0.408 e. The Hall–Kier alpha value is -2.62. The van der Waals surface area contributed by atoms with Crippen molar-refractivity contribution in [3.05, 3.63) is 71.8 Å². The van der Waals surface area contributed by atoms with E-state index in [9.17, 15) is 14.7 Å². The molecule has 0 aliphatic heterocycles. The van der Waals surface area contributed by atoms with Crippen LogP contribution in [-0.4, -0.2) is 27.9 Å². The van der Waals surface area contributed by atoms with Gasteiger partial charge in [0, 0.05) is 12.1 Å². The predicted octanol–water partition coefficient (Wildman–Crippen LogP) is 3.44. The standard InChI is InChI=1S/C17H17NO3/c1-13(16(19)15-10-6-3-7-11-15)18(17(20)21)12-14-8-4-2-5-9-14/h2-11,13H,12H2,1H3,(H,20,21)/t13-/m0/s1. The van der Waals surface area contributed by atoms with Crippen molar-refractivity contribution >= 4 is 11.9 Å². The maximum absolute atomic E-state index is 12.4. The highest BCUT2D eigenvalue weighted by Gasteiger charge is 2.26. The molecule has 108 valence electrons. The zero-order valence-electron chi connectivity index (χ0n) is 11.8. The van der Waals surface area contributed by atoms with Gasteiger partial charge in [-0.2, -0.15) is 0 Å². The number of hydrogen-bond donors (Lipinski definition) is 1. The van der Waals surface area contributed by atoms with Crippen LogP contribution in [0.3, 0.4) is 0 Å². The third kappa shape index (κ3) is 3.69. The molecule has 0 spiro atoms. The van der Waals surface area contributed by atoms with Gasteiger partial charge in [-0.25, -0.2) is 4.79 Å². The first kappa shape index (κ1) is 14.8. The lowest BCUT2D eigenvalue weighted by Crippen LogP contribution is -2.42. The van der Waals surface area contributed by atoms with Crippen LogP contribution < -0.4 is 0 Å². The van der Waals surface area contributed by atoms with Gasteiger partial charge in [-0.05, 0) is 12.5 Å². The summed E-state index contributed by atoms with van der Waals surface area (Å²) >= 11 is 0. The Labute approximate surface area is 123 Å². The van der Waals surface area contributed by atoms with Crippen molar-refractivity contribution in [1.82, 2.24) is 4.90 Å². The van der Waals surface area contributed by atoms with Crippen LogP contribution in [-0.2, 0) is 6.54 Å². The highest BCUT2D eigenvalue weighted by molar-refractivity contribution is 6.01. The molecule has 4 heteroatoms. The van der Waals surface area contributed by atoms with Crippen molar-refractivity contribution in [3.63, 3.8) is 0 Å². The van der Waals surface area contributed by atoms with Crippen LogP contribution in [0, 0.1) is 0 Å². The molecular weight excluding hydrogens is 266 g/mol. The van der Waals surface area contributed by atoms with E-state index in [1.165, 1.54) is 0 Å². The molecule has 2 aromatic carbocycles. The summed E-state index contributed by atoms with van der Waals surface area (Å²) in [6, 6.07) is 17.3. The highest BCUT2D eigenvalue weighted by atomic mass is 16.4. The van der Waals surface area contributed by atoms with Gasteiger partial charge in [0.25, 0.3) is 0 Å². The molecule has 1 N–H and O–H groups in total. The molecule has 21 heavy (non-hydrogen) atoms. The third-order valence-corrected chi connectivity index (χ3v) is 3.35. The minimum atomic E-state index is -1.10. The first-order chi connectivity index (χ1) is 10.1. The minimum absolute atomic E-state index is 0.190. The van der Waals surface area contributed by atoms with Gasteiger partial charge < -0.3 is 5.11 Å². The Balaban J connectivity index is 2.18. The van der Waals surface area contributed by atoms with Gasteiger partial charge in [-0.3, -0.25) is 9.69 Å². The average Bonchev–Trinajstić information content (AvgIpc) is 2.53. The van der Waals surface area contributed by atoms with Crippen LogP contribution in [0.25, 0.3) is 0 Å². The Bertz CT molecular complexity index is 610. The number of benzene rings is 2. The molecule has 0 fully saturated rings. The van der Waals surface area contributed by atoms with E-state index in [1.807, 2.05) is 36.4 Å². The maximum atomic E-state index is 12.4. The molecule has 1 amide bonds. The van der Waals surface area contributed by atoms with E-state index in [-0.39, 0.29) is 12.3 Å². The van der Waals surface area contributed by atoms with E-state index in [0.717, 1.165) is 10.5 Å². The average molecular weight is 283 g/mol. The molecule has 0 radical (unpaired) electrons. The molecule has 0 heterocycles. The van der Waals surface area contributed by atoms with Gasteiger partial charge in [0.05, 0.1) is 6.04 Å². The van der Waals surface area contributed by atoms with Crippen LogP contribution >= 0.6 is 0 Å². The topological polar surface area (TPSA) is 57.6 Å². The fraction of sp³-hybridized carbons (Fsp3) is 0.176. The fourth-order valence-corrected chi connectivity index (χ4v) is 2.14. The van der Waals surface area contributed by atoms with Crippen molar-refractivity contribution in [2.24, 2.45) is 0 Å². The maximum Gasteiger partial charge on any atom is 0.408 e. The normalized spacial score (nSPS) is 11.7. The molecular formula is C17H17NO3. The van der Waals surface area contributed by atoms with Crippen molar-refractivity contribution in [2.45, 2.75) is 19.5 Å². The van der Waals surface area contributed by atoms with Gasteiger partial charge in [0.1, 0.15) is 0 Å². The van der Waals surface area contributed by atoms with Gasteiger partial charge in [-0.1, -0.05) is 60.7 Å². The predicted molar refractivity (Wildman–Crippen MR) is 80.2 cm³/mol. The van der Waals surface area contributed by atoms with E-state index in [4.69, 9.17) is 0 Å². The van der Waals surface area contributed by atoms with Crippen molar-refractivity contribution in [3.8, 4) is 0 Å². The number of nitrogens with zero attached hydrogens (tertiary/aromatic N) is 1. The van der Waals surface area contributed by atoms with Crippen molar-refractivity contribution < 1.29 is 14.7 Å². The number of carbonyl (C=O) groups excluding carboxylic acids is 1. The van der Waals surface area contributed by atoms with Crippen molar-refractivity contribution in [2.75, 3.05) is 0 Å². The lowest BCUT2D eigenvalue weighted by Gasteiger charge is -2.25. The first-order valence-corrected chi connectivity index (χ1v) is 6.72. The van der Waals surface area contributed by atoms with Gasteiger partial charge in [0.2, 0.25) is 0 Å². The fourth-order valence-electron chi connectivity index (χ4n) is 2.14. The summed E-state index contributed by atoms with van der Waals surface area (Å²) in [5.41, 5.74) is 1.37. The number of amides is 1. The number of hydrogen-bond acceptors (Lipinski definition) is 2. The second kappa shape index (κ2) is 6.70. The van der Waals surface area contributed by atoms with E-state index in [1.54, 1.807) is 31.2 Å². The monoisotopic (exact) mass is 283 g/mol. The lowest BCUT2D eigenvalue weighted by atomic mass is 10.0. The molecule has 1 atom stereocenters. The number of ketones is 1. The lowest BCUT2D eigenvalue weighted by molar-refractivity contribution is 0.0796. The van der Waals surface area contributed by atoms with E-state index >= 15 is 0 Å².